The van der Waals surface area contributed by atoms with E-state index >= 15 is 0 Å². The van der Waals surface area contributed by atoms with Crippen LogP contribution in [0.3, 0.4) is 0 Å². The number of rotatable bonds is 5. The quantitative estimate of drug-likeness (QED) is 0.818. The summed E-state index contributed by atoms with van der Waals surface area (Å²) in [5.74, 6) is -0.917. The topological polar surface area (TPSA) is 63.7 Å². The summed E-state index contributed by atoms with van der Waals surface area (Å²) in [6, 6.07) is 10.2. The Balaban J connectivity index is 1.57. The fourth-order valence-corrected chi connectivity index (χ4v) is 4.31. The predicted molar refractivity (Wildman–Crippen MR) is 95.0 cm³/mol. The Morgan fingerprint density at radius 3 is 2.16 bits per heavy atom. The van der Waals surface area contributed by atoms with Gasteiger partial charge in [-0.2, -0.15) is 0 Å². The minimum Gasteiger partial charge on any atom is -0.550 e. The van der Waals surface area contributed by atoms with Crippen molar-refractivity contribution in [3.05, 3.63) is 30.3 Å². The van der Waals surface area contributed by atoms with Gasteiger partial charge < -0.3 is 19.7 Å². The van der Waals surface area contributed by atoms with Gasteiger partial charge >= 0.3 is 0 Å². The van der Waals surface area contributed by atoms with Gasteiger partial charge in [-0.3, -0.25) is 4.79 Å². The summed E-state index contributed by atoms with van der Waals surface area (Å²) < 4.78 is 0. The van der Waals surface area contributed by atoms with Gasteiger partial charge in [0.25, 0.3) is 0 Å². The number of hydrogen-bond donors (Lipinski definition) is 0. The number of piperazine rings is 1. The molecule has 0 bridgehead atoms. The molecule has 5 nitrogen and oxygen atoms in total. The molecule has 0 atom stereocenters. The highest BCUT2D eigenvalue weighted by atomic mass is 16.4. The van der Waals surface area contributed by atoms with Crippen LogP contribution in [-0.4, -0.2) is 43.0 Å². The Morgan fingerprint density at radius 1 is 0.920 bits per heavy atom. The Hall–Kier alpha value is -2.04. The number of carboxylic acids is 1. The standard InChI is InChI=1S/C20H28N2O3/c23-18(15-20(16-19(24)25)9-5-2-6-10-20)22-13-11-21(12-14-22)17-7-3-1-4-8-17/h1,3-4,7-8H,2,5-6,9-16H2,(H,24,25)/p-1. The highest BCUT2D eigenvalue weighted by Crippen LogP contribution is 2.42. The maximum atomic E-state index is 12.8. The smallest absolute Gasteiger partial charge is 0.223 e. The highest BCUT2D eigenvalue weighted by molar-refractivity contribution is 5.78. The van der Waals surface area contributed by atoms with Crippen LogP contribution < -0.4 is 10.0 Å². The normalized spacial score (nSPS) is 20.3. The third-order valence-corrected chi connectivity index (χ3v) is 5.71. The molecule has 1 amide bonds. The van der Waals surface area contributed by atoms with E-state index in [-0.39, 0.29) is 17.7 Å². The SMILES string of the molecule is O=C([O-])CC1(CC(=O)N2CCN(c3ccccc3)CC2)CCCCC1. The average Bonchev–Trinajstić information content (AvgIpc) is 2.62. The first-order chi connectivity index (χ1) is 12.1. The molecule has 0 N–H and O–H groups in total. The Kier molecular flexibility index (Phi) is 5.61. The summed E-state index contributed by atoms with van der Waals surface area (Å²) >= 11 is 0. The second kappa shape index (κ2) is 7.89. The number of carbonyl (C=O) groups is 2. The van der Waals surface area contributed by atoms with Crippen molar-refractivity contribution in [2.45, 2.75) is 44.9 Å². The third kappa shape index (κ3) is 4.53. The van der Waals surface area contributed by atoms with Crippen molar-refractivity contribution in [3.8, 4) is 0 Å². The minimum atomic E-state index is -1.02. The van der Waals surface area contributed by atoms with Crippen molar-refractivity contribution >= 4 is 17.6 Å². The molecular weight excluding hydrogens is 316 g/mol. The monoisotopic (exact) mass is 343 g/mol. The van der Waals surface area contributed by atoms with Gasteiger partial charge in [0, 0.05) is 44.3 Å². The van der Waals surface area contributed by atoms with Gasteiger partial charge in [0.2, 0.25) is 5.91 Å². The van der Waals surface area contributed by atoms with Gasteiger partial charge in [-0.05, 0) is 36.8 Å². The summed E-state index contributed by atoms with van der Waals surface area (Å²) in [5, 5.41) is 11.2. The Bertz CT molecular complexity index is 588. The van der Waals surface area contributed by atoms with Gasteiger partial charge in [0.1, 0.15) is 0 Å². The van der Waals surface area contributed by atoms with Gasteiger partial charge in [0.15, 0.2) is 0 Å². The minimum absolute atomic E-state index is 0.0166. The van der Waals surface area contributed by atoms with Crippen LogP contribution >= 0.6 is 0 Å². The van der Waals surface area contributed by atoms with Crippen LogP contribution in [0.25, 0.3) is 0 Å². The van der Waals surface area contributed by atoms with E-state index in [2.05, 4.69) is 17.0 Å². The Labute approximate surface area is 149 Å². The number of amides is 1. The maximum absolute atomic E-state index is 12.8. The molecule has 1 heterocycles. The first kappa shape index (κ1) is 17.8. The molecule has 2 aliphatic rings. The van der Waals surface area contributed by atoms with Crippen molar-refractivity contribution in [3.63, 3.8) is 0 Å². The second-order valence-corrected chi connectivity index (χ2v) is 7.49. The molecule has 1 aromatic rings. The highest BCUT2D eigenvalue weighted by Gasteiger charge is 2.36. The first-order valence-corrected chi connectivity index (χ1v) is 9.36. The molecule has 1 aromatic carbocycles. The molecule has 1 aliphatic heterocycles. The largest absolute Gasteiger partial charge is 0.550 e. The van der Waals surface area contributed by atoms with Crippen molar-refractivity contribution in [2.24, 2.45) is 5.41 Å². The fourth-order valence-electron chi connectivity index (χ4n) is 4.31. The Morgan fingerprint density at radius 2 is 1.56 bits per heavy atom. The van der Waals surface area contributed by atoms with Crippen LogP contribution in [0.1, 0.15) is 44.9 Å². The lowest BCUT2D eigenvalue weighted by Gasteiger charge is -2.41. The molecule has 0 radical (unpaired) electrons. The first-order valence-electron chi connectivity index (χ1n) is 9.36. The van der Waals surface area contributed by atoms with E-state index in [0.29, 0.717) is 19.5 Å². The van der Waals surface area contributed by atoms with Gasteiger partial charge in [-0.15, -0.1) is 0 Å². The zero-order valence-corrected chi connectivity index (χ0v) is 14.8. The predicted octanol–water partition coefficient (Wildman–Crippen LogP) is 1.82. The zero-order chi connectivity index (χ0) is 17.7. The van der Waals surface area contributed by atoms with Crippen molar-refractivity contribution < 1.29 is 14.7 Å². The van der Waals surface area contributed by atoms with Crippen LogP contribution in [0.5, 0.6) is 0 Å². The van der Waals surface area contributed by atoms with Crippen LogP contribution in [0.2, 0.25) is 0 Å². The lowest BCUT2D eigenvalue weighted by atomic mass is 9.69. The molecule has 1 saturated heterocycles. The van der Waals surface area contributed by atoms with E-state index in [1.807, 2.05) is 23.1 Å². The van der Waals surface area contributed by atoms with Crippen molar-refractivity contribution in [2.75, 3.05) is 31.1 Å². The van der Waals surface area contributed by atoms with Crippen molar-refractivity contribution in [1.29, 1.82) is 0 Å². The van der Waals surface area contributed by atoms with E-state index in [1.54, 1.807) is 0 Å². The molecule has 2 fully saturated rings. The summed E-state index contributed by atoms with van der Waals surface area (Å²) in [7, 11) is 0. The molecule has 0 unspecified atom stereocenters. The molecule has 136 valence electrons. The maximum Gasteiger partial charge on any atom is 0.223 e. The number of benzene rings is 1. The molecular formula is C20H27N2O3-. The number of hydrogen-bond acceptors (Lipinski definition) is 4. The number of carboxylic acid groups (broad SMARTS) is 1. The molecule has 1 saturated carbocycles. The molecule has 3 rings (SSSR count). The summed E-state index contributed by atoms with van der Waals surface area (Å²) in [6.07, 6.45) is 5.20. The molecule has 0 aromatic heterocycles. The lowest BCUT2D eigenvalue weighted by Crippen LogP contribution is -2.50. The van der Waals surface area contributed by atoms with Crippen LogP contribution in [0.15, 0.2) is 30.3 Å². The zero-order valence-electron chi connectivity index (χ0n) is 14.8. The molecule has 25 heavy (non-hydrogen) atoms. The van der Waals surface area contributed by atoms with Crippen LogP contribution in [0, 0.1) is 5.41 Å². The number of anilines is 1. The van der Waals surface area contributed by atoms with E-state index in [1.165, 1.54) is 5.69 Å². The van der Waals surface area contributed by atoms with Crippen LogP contribution in [-0.2, 0) is 9.59 Å². The second-order valence-electron chi connectivity index (χ2n) is 7.49. The fraction of sp³-hybridized carbons (Fsp3) is 0.600. The number of carbonyl (C=O) groups excluding carboxylic acids is 2. The van der Waals surface area contributed by atoms with Crippen LogP contribution in [0.4, 0.5) is 5.69 Å². The molecule has 0 spiro atoms. The number of para-hydroxylation sites is 1. The summed E-state index contributed by atoms with van der Waals surface area (Å²) in [6.45, 7) is 3.05. The lowest BCUT2D eigenvalue weighted by molar-refractivity contribution is -0.308. The van der Waals surface area contributed by atoms with E-state index in [9.17, 15) is 14.7 Å². The molecule has 1 aliphatic carbocycles. The van der Waals surface area contributed by atoms with E-state index in [4.69, 9.17) is 0 Å². The number of nitrogens with zero attached hydrogens (tertiary/aromatic N) is 2. The van der Waals surface area contributed by atoms with Gasteiger partial charge in [-0.25, -0.2) is 0 Å². The summed E-state index contributed by atoms with van der Waals surface area (Å²) in [4.78, 5) is 28.2. The average molecular weight is 343 g/mol. The van der Waals surface area contributed by atoms with E-state index < -0.39 is 5.97 Å². The van der Waals surface area contributed by atoms with Crippen molar-refractivity contribution in [1.82, 2.24) is 4.90 Å². The third-order valence-electron chi connectivity index (χ3n) is 5.71. The number of aliphatic carboxylic acids is 1. The summed E-state index contributed by atoms with van der Waals surface area (Å²) in [5.41, 5.74) is 0.806. The van der Waals surface area contributed by atoms with Gasteiger partial charge in [0.05, 0.1) is 0 Å². The molecule has 5 heteroatoms. The van der Waals surface area contributed by atoms with Gasteiger partial charge in [-0.1, -0.05) is 37.5 Å². The van der Waals surface area contributed by atoms with E-state index in [0.717, 1.165) is 45.2 Å².